The summed E-state index contributed by atoms with van der Waals surface area (Å²) < 4.78 is 0. The molecule has 1 aromatic heterocycles. The second kappa shape index (κ2) is 5.02. The zero-order valence-corrected chi connectivity index (χ0v) is 10.5. The Morgan fingerprint density at radius 1 is 1.65 bits per heavy atom. The fraction of sp³-hybridized carbons (Fsp3) is 0.500. The summed E-state index contributed by atoms with van der Waals surface area (Å²) in [6, 6.07) is 3.57. The molecule has 5 heteroatoms. The van der Waals surface area contributed by atoms with E-state index in [1.54, 1.807) is 12.1 Å². The first-order valence-electron chi connectivity index (χ1n) is 5.74. The SMILES string of the molecule is CC1CC(CN)CN1C(=O)c1ccc(Cl)cn1. The molecule has 0 bridgehead atoms. The van der Waals surface area contributed by atoms with Crippen LogP contribution in [0.5, 0.6) is 0 Å². The normalized spacial score (nSPS) is 24.1. The van der Waals surface area contributed by atoms with Gasteiger partial charge in [0.25, 0.3) is 5.91 Å². The molecule has 2 rings (SSSR count). The second-order valence-corrected chi connectivity index (χ2v) is 4.94. The maximum Gasteiger partial charge on any atom is 0.272 e. The van der Waals surface area contributed by atoms with Crippen LogP contribution < -0.4 is 5.73 Å². The summed E-state index contributed by atoms with van der Waals surface area (Å²) in [5, 5.41) is 0.538. The molecule has 1 aliphatic rings. The molecule has 2 heterocycles. The van der Waals surface area contributed by atoms with Crippen molar-refractivity contribution in [3.63, 3.8) is 0 Å². The van der Waals surface area contributed by atoms with Crippen LogP contribution in [0.1, 0.15) is 23.8 Å². The van der Waals surface area contributed by atoms with Crippen LogP contribution in [0.3, 0.4) is 0 Å². The zero-order chi connectivity index (χ0) is 12.4. The number of halogens is 1. The third-order valence-electron chi connectivity index (χ3n) is 3.20. The van der Waals surface area contributed by atoms with Crippen molar-refractivity contribution in [1.82, 2.24) is 9.88 Å². The van der Waals surface area contributed by atoms with E-state index in [0.29, 0.717) is 23.2 Å². The fourth-order valence-corrected chi connectivity index (χ4v) is 2.36. The minimum absolute atomic E-state index is 0.0369. The number of hydrogen-bond acceptors (Lipinski definition) is 3. The Balaban J connectivity index is 2.12. The third kappa shape index (κ3) is 2.58. The smallest absolute Gasteiger partial charge is 0.272 e. The Kier molecular flexibility index (Phi) is 3.64. The lowest BCUT2D eigenvalue weighted by molar-refractivity contribution is 0.0737. The second-order valence-electron chi connectivity index (χ2n) is 4.51. The summed E-state index contributed by atoms with van der Waals surface area (Å²) in [6.45, 7) is 3.40. The van der Waals surface area contributed by atoms with Gasteiger partial charge in [-0.15, -0.1) is 0 Å². The average molecular weight is 254 g/mol. The molecule has 0 aliphatic carbocycles. The van der Waals surface area contributed by atoms with Crippen LogP contribution in [-0.2, 0) is 0 Å². The van der Waals surface area contributed by atoms with Gasteiger partial charge >= 0.3 is 0 Å². The summed E-state index contributed by atoms with van der Waals surface area (Å²) in [4.78, 5) is 18.1. The van der Waals surface area contributed by atoms with Crippen molar-refractivity contribution in [3.05, 3.63) is 29.0 Å². The van der Waals surface area contributed by atoms with Crippen LogP contribution in [0.4, 0.5) is 0 Å². The standard InChI is InChI=1S/C12H16ClN3O/c1-8-4-9(5-14)7-16(8)12(17)11-3-2-10(13)6-15-11/h2-3,6,8-9H,4-5,7,14H2,1H3. The number of hydrogen-bond donors (Lipinski definition) is 1. The van der Waals surface area contributed by atoms with Gasteiger partial charge in [-0.3, -0.25) is 4.79 Å². The monoisotopic (exact) mass is 253 g/mol. The lowest BCUT2D eigenvalue weighted by atomic mass is 10.1. The van der Waals surface area contributed by atoms with Gasteiger partial charge in [-0.25, -0.2) is 4.98 Å². The Bertz CT molecular complexity index is 407. The number of likely N-dealkylation sites (tertiary alicyclic amines) is 1. The van der Waals surface area contributed by atoms with Gasteiger partial charge in [0.2, 0.25) is 0 Å². The van der Waals surface area contributed by atoms with E-state index in [0.717, 1.165) is 13.0 Å². The molecule has 1 aromatic rings. The number of rotatable bonds is 2. The number of pyridine rings is 1. The number of nitrogens with two attached hydrogens (primary N) is 1. The molecule has 4 nitrogen and oxygen atoms in total. The summed E-state index contributed by atoms with van der Waals surface area (Å²) in [6.07, 6.45) is 2.46. The van der Waals surface area contributed by atoms with E-state index in [2.05, 4.69) is 4.98 Å². The first kappa shape index (κ1) is 12.3. The molecule has 1 fully saturated rings. The van der Waals surface area contributed by atoms with Crippen LogP contribution in [0.2, 0.25) is 5.02 Å². The highest BCUT2D eigenvalue weighted by molar-refractivity contribution is 6.30. The third-order valence-corrected chi connectivity index (χ3v) is 3.43. The quantitative estimate of drug-likeness (QED) is 0.870. The number of nitrogens with zero attached hydrogens (tertiary/aromatic N) is 2. The summed E-state index contributed by atoms with van der Waals surface area (Å²) >= 11 is 5.75. The summed E-state index contributed by atoms with van der Waals surface area (Å²) in [5.74, 6) is 0.367. The van der Waals surface area contributed by atoms with Crippen molar-refractivity contribution >= 4 is 17.5 Å². The van der Waals surface area contributed by atoms with Crippen molar-refractivity contribution in [3.8, 4) is 0 Å². The molecule has 2 unspecified atom stereocenters. The highest BCUT2D eigenvalue weighted by atomic mass is 35.5. The van der Waals surface area contributed by atoms with E-state index in [9.17, 15) is 4.79 Å². The Morgan fingerprint density at radius 2 is 2.41 bits per heavy atom. The molecule has 1 aliphatic heterocycles. The van der Waals surface area contributed by atoms with Gasteiger partial charge < -0.3 is 10.6 Å². The number of carbonyl (C=O) groups excluding carboxylic acids is 1. The lowest BCUT2D eigenvalue weighted by Gasteiger charge is -2.20. The number of aromatic nitrogens is 1. The van der Waals surface area contributed by atoms with E-state index in [4.69, 9.17) is 17.3 Å². The number of amides is 1. The average Bonchev–Trinajstić information content (AvgIpc) is 2.71. The Labute approximate surface area is 106 Å². The van der Waals surface area contributed by atoms with E-state index in [1.807, 2.05) is 11.8 Å². The predicted molar refractivity (Wildman–Crippen MR) is 66.9 cm³/mol. The molecule has 92 valence electrons. The molecule has 17 heavy (non-hydrogen) atoms. The highest BCUT2D eigenvalue weighted by Gasteiger charge is 2.32. The van der Waals surface area contributed by atoms with Gasteiger partial charge in [0.15, 0.2) is 0 Å². The highest BCUT2D eigenvalue weighted by Crippen LogP contribution is 2.23. The maximum absolute atomic E-state index is 12.2. The maximum atomic E-state index is 12.2. The summed E-state index contributed by atoms with van der Waals surface area (Å²) in [5.41, 5.74) is 6.09. The first-order valence-corrected chi connectivity index (χ1v) is 6.12. The molecule has 0 spiro atoms. The van der Waals surface area contributed by atoms with Crippen LogP contribution in [0.25, 0.3) is 0 Å². The lowest BCUT2D eigenvalue weighted by Crippen LogP contribution is -2.34. The van der Waals surface area contributed by atoms with E-state index >= 15 is 0 Å². The molecule has 1 saturated heterocycles. The zero-order valence-electron chi connectivity index (χ0n) is 9.77. The molecule has 0 saturated carbocycles. The minimum Gasteiger partial charge on any atom is -0.334 e. The van der Waals surface area contributed by atoms with Gasteiger partial charge in [0.05, 0.1) is 5.02 Å². The van der Waals surface area contributed by atoms with E-state index in [-0.39, 0.29) is 11.9 Å². The molecule has 0 aromatic carbocycles. The van der Waals surface area contributed by atoms with Gasteiger partial charge in [0.1, 0.15) is 5.69 Å². The van der Waals surface area contributed by atoms with Crippen LogP contribution in [0, 0.1) is 5.92 Å². The fourth-order valence-electron chi connectivity index (χ4n) is 2.25. The van der Waals surface area contributed by atoms with Gasteiger partial charge in [-0.2, -0.15) is 0 Å². The molecule has 2 N–H and O–H groups in total. The van der Waals surface area contributed by atoms with Crippen LogP contribution >= 0.6 is 11.6 Å². The Morgan fingerprint density at radius 3 is 2.94 bits per heavy atom. The topological polar surface area (TPSA) is 59.2 Å². The van der Waals surface area contributed by atoms with Gasteiger partial charge in [-0.05, 0) is 37.9 Å². The first-order chi connectivity index (χ1) is 8.11. The number of carbonyl (C=O) groups is 1. The van der Waals surface area contributed by atoms with Crippen molar-refractivity contribution in [2.45, 2.75) is 19.4 Å². The van der Waals surface area contributed by atoms with Gasteiger partial charge in [0, 0.05) is 18.8 Å². The molecule has 1 amide bonds. The minimum atomic E-state index is -0.0369. The van der Waals surface area contributed by atoms with Crippen molar-refractivity contribution in [2.75, 3.05) is 13.1 Å². The van der Waals surface area contributed by atoms with Crippen LogP contribution in [-0.4, -0.2) is 34.9 Å². The van der Waals surface area contributed by atoms with Crippen molar-refractivity contribution in [1.29, 1.82) is 0 Å². The molecular weight excluding hydrogens is 238 g/mol. The van der Waals surface area contributed by atoms with Gasteiger partial charge in [-0.1, -0.05) is 11.6 Å². The van der Waals surface area contributed by atoms with Crippen LogP contribution in [0.15, 0.2) is 18.3 Å². The van der Waals surface area contributed by atoms with E-state index in [1.165, 1.54) is 6.20 Å². The van der Waals surface area contributed by atoms with E-state index < -0.39 is 0 Å². The molecule has 0 radical (unpaired) electrons. The molecular formula is C12H16ClN3O. The largest absolute Gasteiger partial charge is 0.334 e. The predicted octanol–water partition coefficient (Wildman–Crippen LogP) is 1.54. The molecule has 2 atom stereocenters. The Hall–Kier alpha value is -1.13. The summed E-state index contributed by atoms with van der Waals surface area (Å²) in [7, 11) is 0. The van der Waals surface area contributed by atoms with Crippen molar-refractivity contribution < 1.29 is 4.79 Å². The van der Waals surface area contributed by atoms with Crippen molar-refractivity contribution in [2.24, 2.45) is 11.7 Å².